The fourth-order valence-electron chi connectivity index (χ4n) is 3.47. The van der Waals surface area contributed by atoms with Gasteiger partial charge in [-0.3, -0.25) is 9.59 Å². The summed E-state index contributed by atoms with van der Waals surface area (Å²) >= 11 is 0. The number of fused-ring (bicyclic) bond motifs is 2. The lowest BCUT2D eigenvalue weighted by atomic mass is 9.85. The third kappa shape index (κ3) is 2.57. The van der Waals surface area contributed by atoms with Crippen molar-refractivity contribution >= 4 is 11.6 Å². The van der Waals surface area contributed by atoms with Gasteiger partial charge in [-0.05, 0) is 50.8 Å². The van der Waals surface area contributed by atoms with Crippen LogP contribution in [0.15, 0.2) is 23.5 Å². The van der Waals surface area contributed by atoms with Crippen molar-refractivity contribution < 1.29 is 32.6 Å². The smallest absolute Gasteiger partial charge is 0.416 e. The first-order valence-electron chi connectivity index (χ1n) is 7.85. The van der Waals surface area contributed by atoms with Crippen LogP contribution >= 0.6 is 0 Å². The highest BCUT2D eigenvalue weighted by molar-refractivity contribution is 6.29. The van der Waals surface area contributed by atoms with Crippen LogP contribution in [0, 0.1) is 13.8 Å². The standard InChI is InChI=1S/C18H17F3O4/c1-8-9(2)11(18(19,20)21)5-4-10(8)14(22)13-15(23)12-6-7-17(3,25-12)16(13)24/h4-5,12,23H,6-7H2,1-3H3. The zero-order valence-electron chi connectivity index (χ0n) is 14.0. The monoisotopic (exact) mass is 354 g/mol. The average Bonchev–Trinajstić information content (AvgIpc) is 2.88. The Labute approximate surface area is 142 Å². The Hall–Kier alpha value is -2.15. The summed E-state index contributed by atoms with van der Waals surface area (Å²) < 4.78 is 44.5. The first kappa shape index (κ1) is 17.7. The molecule has 1 aromatic rings. The molecule has 0 aromatic heterocycles. The van der Waals surface area contributed by atoms with Crippen molar-refractivity contribution in [1.82, 2.24) is 0 Å². The summed E-state index contributed by atoms with van der Waals surface area (Å²) in [4.78, 5) is 25.4. The number of ketones is 2. The second-order valence-corrected chi connectivity index (χ2v) is 6.70. The van der Waals surface area contributed by atoms with Crippen molar-refractivity contribution in [3.63, 3.8) is 0 Å². The number of benzene rings is 1. The number of aliphatic hydroxyl groups excluding tert-OH is 1. The van der Waals surface area contributed by atoms with Gasteiger partial charge in [0.15, 0.2) is 0 Å². The summed E-state index contributed by atoms with van der Waals surface area (Å²) in [6.45, 7) is 4.23. The molecule has 25 heavy (non-hydrogen) atoms. The molecule has 0 amide bonds. The minimum atomic E-state index is -4.53. The second-order valence-electron chi connectivity index (χ2n) is 6.70. The molecule has 0 saturated carbocycles. The van der Waals surface area contributed by atoms with Gasteiger partial charge in [0.05, 0.1) is 5.56 Å². The molecule has 2 aliphatic rings. The Kier molecular flexibility index (Phi) is 3.83. The number of aliphatic hydroxyl groups is 1. The van der Waals surface area contributed by atoms with E-state index in [-0.39, 0.29) is 22.3 Å². The summed E-state index contributed by atoms with van der Waals surface area (Å²) in [5.74, 6) is -1.82. The molecule has 2 unspecified atom stereocenters. The Balaban J connectivity index is 2.09. The van der Waals surface area contributed by atoms with Gasteiger partial charge >= 0.3 is 6.18 Å². The van der Waals surface area contributed by atoms with Crippen LogP contribution in [-0.4, -0.2) is 28.4 Å². The van der Waals surface area contributed by atoms with Crippen LogP contribution < -0.4 is 0 Å². The van der Waals surface area contributed by atoms with E-state index in [9.17, 15) is 27.9 Å². The van der Waals surface area contributed by atoms with Crippen molar-refractivity contribution in [2.45, 2.75) is 51.5 Å². The summed E-state index contributed by atoms with van der Waals surface area (Å²) in [5, 5.41) is 10.2. The topological polar surface area (TPSA) is 63.6 Å². The van der Waals surface area contributed by atoms with Gasteiger partial charge in [0.2, 0.25) is 11.6 Å². The number of carbonyl (C=O) groups is 2. The normalized spacial score (nSPS) is 26.3. The predicted octanol–water partition coefficient (Wildman–Crippen LogP) is 3.84. The molecule has 4 nitrogen and oxygen atoms in total. The molecule has 1 aromatic carbocycles. The van der Waals surface area contributed by atoms with E-state index < -0.39 is 40.8 Å². The highest BCUT2D eigenvalue weighted by Gasteiger charge is 2.52. The third-order valence-electron chi connectivity index (χ3n) is 5.12. The van der Waals surface area contributed by atoms with Crippen molar-refractivity contribution in [3.8, 4) is 0 Å². The van der Waals surface area contributed by atoms with Crippen LogP contribution in [0.5, 0.6) is 0 Å². The highest BCUT2D eigenvalue weighted by atomic mass is 19.4. The number of ether oxygens (including phenoxy) is 1. The zero-order chi connectivity index (χ0) is 18.7. The van der Waals surface area contributed by atoms with E-state index in [1.54, 1.807) is 6.92 Å². The third-order valence-corrected chi connectivity index (χ3v) is 5.12. The van der Waals surface area contributed by atoms with Crippen LogP contribution in [0.4, 0.5) is 13.2 Å². The molecule has 2 bridgehead atoms. The fraction of sp³-hybridized carbons (Fsp3) is 0.444. The number of carbonyl (C=O) groups excluding carboxylic acids is 2. The maximum absolute atomic E-state index is 13.0. The second kappa shape index (κ2) is 5.42. The molecule has 2 atom stereocenters. The molecule has 2 aliphatic heterocycles. The van der Waals surface area contributed by atoms with Crippen LogP contribution in [0.3, 0.4) is 0 Å². The van der Waals surface area contributed by atoms with E-state index in [2.05, 4.69) is 0 Å². The van der Waals surface area contributed by atoms with Gasteiger partial charge in [0.1, 0.15) is 23.0 Å². The summed E-state index contributed by atoms with van der Waals surface area (Å²) in [7, 11) is 0. The van der Waals surface area contributed by atoms with Gasteiger partial charge in [-0.15, -0.1) is 0 Å². The van der Waals surface area contributed by atoms with Gasteiger partial charge in [-0.25, -0.2) is 0 Å². The number of rotatable bonds is 2. The Morgan fingerprint density at radius 1 is 1.28 bits per heavy atom. The first-order valence-corrected chi connectivity index (χ1v) is 7.85. The molecule has 1 saturated heterocycles. The maximum atomic E-state index is 13.0. The molecule has 3 rings (SSSR count). The van der Waals surface area contributed by atoms with E-state index in [0.29, 0.717) is 12.8 Å². The van der Waals surface area contributed by atoms with Gasteiger partial charge in [-0.1, -0.05) is 6.07 Å². The lowest BCUT2D eigenvalue weighted by molar-refractivity contribution is -0.139. The molecular formula is C18H17F3O4. The van der Waals surface area contributed by atoms with Gasteiger partial charge in [0.25, 0.3) is 0 Å². The SMILES string of the molecule is Cc1c(C(=O)C2=C(O)C3CCC(C)(O3)C2=O)ccc(C(F)(F)F)c1C. The molecule has 0 aliphatic carbocycles. The summed E-state index contributed by atoms with van der Waals surface area (Å²) in [6.07, 6.45) is -4.46. The Bertz CT molecular complexity index is 822. The van der Waals surface area contributed by atoms with E-state index in [1.165, 1.54) is 13.8 Å². The van der Waals surface area contributed by atoms with Crippen molar-refractivity contribution in [2.24, 2.45) is 0 Å². The van der Waals surface area contributed by atoms with Crippen molar-refractivity contribution in [1.29, 1.82) is 0 Å². The number of halogens is 3. The largest absolute Gasteiger partial charge is 0.509 e. The maximum Gasteiger partial charge on any atom is 0.416 e. The molecule has 1 N–H and O–H groups in total. The van der Waals surface area contributed by atoms with Gasteiger partial charge in [0, 0.05) is 5.56 Å². The number of hydrogen-bond donors (Lipinski definition) is 1. The number of Topliss-reactive ketones (excluding diaryl/α,β-unsaturated/α-hetero) is 2. The lowest BCUT2D eigenvalue weighted by Gasteiger charge is -2.29. The van der Waals surface area contributed by atoms with E-state index in [1.807, 2.05) is 0 Å². The number of alkyl halides is 3. The van der Waals surface area contributed by atoms with E-state index in [0.717, 1.165) is 12.1 Å². The van der Waals surface area contributed by atoms with Crippen LogP contribution in [0.1, 0.15) is 46.8 Å². The van der Waals surface area contributed by atoms with E-state index in [4.69, 9.17) is 4.74 Å². The number of hydrogen-bond acceptors (Lipinski definition) is 4. The Morgan fingerprint density at radius 3 is 2.52 bits per heavy atom. The quantitative estimate of drug-likeness (QED) is 0.647. The molecular weight excluding hydrogens is 337 g/mol. The van der Waals surface area contributed by atoms with Gasteiger partial charge in [-0.2, -0.15) is 13.2 Å². The molecule has 7 heteroatoms. The summed E-state index contributed by atoms with van der Waals surface area (Å²) in [5.41, 5.74) is -2.34. The van der Waals surface area contributed by atoms with Crippen molar-refractivity contribution in [2.75, 3.05) is 0 Å². The van der Waals surface area contributed by atoms with E-state index >= 15 is 0 Å². The first-order chi connectivity index (χ1) is 11.5. The van der Waals surface area contributed by atoms with Gasteiger partial charge < -0.3 is 9.84 Å². The predicted molar refractivity (Wildman–Crippen MR) is 82.4 cm³/mol. The summed E-state index contributed by atoms with van der Waals surface area (Å²) in [6, 6.07) is 1.88. The van der Waals surface area contributed by atoms with Crippen LogP contribution in [0.2, 0.25) is 0 Å². The minimum absolute atomic E-state index is 0.0229. The molecule has 0 radical (unpaired) electrons. The Morgan fingerprint density at radius 2 is 1.92 bits per heavy atom. The fourth-order valence-corrected chi connectivity index (χ4v) is 3.47. The highest BCUT2D eigenvalue weighted by Crippen LogP contribution is 2.42. The van der Waals surface area contributed by atoms with Crippen LogP contribution in [-0.2, 0) is 15.7 Å². The molecule has 134 valence electrons. The average molecular weight is 354 g/mol. The molecule has 1 fully saturated rings. The van der Waals surface area contributed by atoms with Crippen LogP contribution in [0.25, 0.3) is 0 Å². The van der Waals surface area contributed by atoms with Crippen molar-refractivity contribution in [3.05, 3.63) is 45.7 Å². The minimum Gasteiger partial charge on any atom is -0.509 e. The molecule has 2 heterocycles. The molecule has 0 spiro atoms. The lowest BCUT2D eigenvalue weighted by Crippen LogP contribution is -2.43. The zero-order valence-corrected chi connectivity index (χ0v) is 14.0.